The summed E-state index contributed by atoms with van der Waals surface area (Å²) in [5, 5.41) is 24.0. The van der Waals surface area contributed by atoms with Crippen molar-refractivity contribution < 1.29 is 24.5 Å². The molecule has 1 atom stereocenters. The maximum Gasteiger partial charge on any atom is 0.354 e. The van der Waals surface area contributed by atoms with E-state index in [0.717, 1.165) is 5.56 Å². The average molecular weight is 368 g/mol. The van der Waals surface area contributed by atoms with E-state index in [2.05, 4.69) is 5.10 Å². The number of ether oxygens (including phenoxy) is 2. The van der Waals surface area contributed by atoms with Crippen LogP contribution in [0.1, 0.15) is 10.5 Å². The third-order valence-electron chi connectivity index (χ3n) is 3.95. The van der Waals surface area contributed by atoms with E-state index >= 15 is 0 Å². The Kier molecular flexibility index (Phi) is 5.73. The molecule has 0 aliphatic carbocycles. The first-order valence-corrected chi connectivity index (χ1v) is 8.38. The van der Waals surface area contributed by atoms with Gasteiger partial charge < -0.3 is 19.7 Å². The van der Waals surface area contributed by atoms with Crippen LogP contribution in [0.25, 0.3) is 11.3 Å². The summed E-state index contributed by atoms with van der Waals surface area (Å²) in [6, 6.07) is 17.7. The largest absolute Gasteiger partial charge is 0.497 e. The van der Waals surface area contributed by atoms with Crippen molar-refractivity contribution in [3.8, 4) is 22.8 Å². The number of rotatable bonds is 8. The van der Waals surface area contributed by atoms with Crippen LogP contribution in [0.2, 0.25) is 0 Å². The van der Waals surface area contributed by atoms with Crippen molar-refractivity contribution in [2.45, 2.75) is 12.6 Å². The molecule has 1 heterocycles. The lowest BCUT2D eigenvalue weighted by atomic mass is 10.1. The number of aliphatic hydroxyl groups is 1. The minimum Gasteiger partial charge on any atom is -0.497 e. The van der Waals surface area contributed by atoms with Crippen molar-refractivity contribution in [1.82, 2.24) is 9.78 Å². The molecule has 0 aliphatic heterocycles. The second-order valence-electron chi connectivity index (χ2n) is 5.91. The molecule has 7 heteroatoms. The number of aromatic carboxylic acids is 1. The van der Waals surface area contributed by atoms with Crippen LogP contribution in [-0.2, 0) is 6.54 Å². The number of methoxy groups -OCH3 is 1. The van der Waals surface area contributed by atoms with Gasteiger partial charge in [0.15, 0.2) is 0 Å². The third kappa shape index (κ3) is 4.65. The Labute approximate surface area is 156 Å². The normalized spacial score (nSPS) is 11.8. The number of aliphatic hydroxyl groups excluding tert-OH is 1. The summed E-state index contributed by atoms with van der Waals surface area (Å²) < 4.78 is 11.9. The van der Waals surface area contributed by atoms with Crippen LogP contribution in [0, 0.1) is 0 Å². The highest BCUT2D eigenvalue weighted by Crippen LogP contribution is 2.22. The number of hydrogen-bond donors (Lipinski definition) is 2. The molecule has 0 spiro atoms. The molecule has 1 unspecified atom stereocenters. The number of hydrogen-bond acceptors (Lipinski definition) is 5. The summed E-state index contributed by atoms with van der Waals surface area (Å²) in [5.74, 6) is 0.220. The molecule has 0 radical (unpaired) electrons. The first-order valence-electron chi connectivity index (χ1n) is 8.38. The van der Waals surface area contributed by atoms with Crippen molar-refractivity contribution in [3.63, 3.8) is 0 Å². The summed E-state index contributed by atoms with van der Waals surface area (Å²) in [5.41, 5.74) is 1.26. The molecule has 0 amide bonds. The zero-order chi connectivity index (χ0) is 19.2. The molecule has 0 aliphatic rings. The number of nitrogens with zero attached hydrogens (tertiary/aromatic N) is 2. The Bertz CT molecular complexity index is 890. The van der Waals surface area contributed by atoms with Crippen LogP contribution in [0.15, 0.2) is 60.7 Å². The number of aromatic nitrogens is 2. The van der Waals surface area contributed by atoms with E-state index in [1.165, 1.54) is 10.7 Å². The molecule has 0 fully saturated rings. The van der Waals surface area contributed by atoms with Gasteiger partial charge in [-0.2, -0.15) is 5.10 Å². The quantitative estimate of drug-likeness (QED) is 0.635. The second kappa shape index (κ2) is 8.37. The minimum atomic E-state index is -1.11. The zero-order valence-corrected chi connectivity index (χ0v) is 14.8. The van der Waals surface area contributed by atoms with Crippen molar-refractivity contribution in [2.75, 3.05) is 13.7 Å². The van der Waals surface area contributed by atoms with Crippen LogP contribution in [-0.4, -0.2) is 45.8 Å². The lowest BCUT2D eigenvalue weighted by Crippen LogP contribution is -2.26. The maximum absolute atomic E-state index is 11.5. The van der Waals surface area contributed by atoms with Gasteiger partial charge in [0.25, 0.3) is 0 Å². The molecule has 7 nitrogen and oxygen atoms in total. The standard InChI is InChI=1S/C20H20N2O5/c1-26-16-9-7-14(8-10-16)18-11-19(20(24)25)22(21-18)12-15(23)13-27-17-5-3-2-4-6-17/h2-11,15,23H,12-13H2,1H3,(H,24,25). The first kappa shape index (κ1) is 18.5. The molecular weight excluding hydrogens is 348 g/mol. The van der Waals surface area contributed by atoms with Crippen LogP contribution in [0.3, 0.4) is 0 Å². The monoisotopic (exact) mass is 368 g/mol. The maximum atomic E-state index is 11.5. The van der Waals surface area contributed by atoms with Gasteiger partial charge in [-0.15, -0.1) is 0 Å². The first-order chi connectivity index (χ1) is 13.1. The average Bonchev–Trinajstić information content (AvgIpc) is 3.11. The molecule has 0 saturated carbocycles. The zero-order valence-electron chi connectivity index (χ0n) is 14.8. The number of para-hydroxylation sites is 1. The van der Waals surface area contributed by atoms with E-state index in [4.69, 9.17) is 9.47 Å². The smallest absolute Gasteiger partial charge is 0.354 e. The van der Waals surface area contributed by atoms with Crippen LogP contribution < -0.4 is 9.47 Å². The number of carboxylic acid groups (broad SMARTS) is 1. The van der Waals surface area contributed by atoms with Gasteiger partial charge >= 0.3 is 5.97 Å². The van der Waals surface area contributed by atoms with Crippen molar-refractivity contribution in [3.05, 3.63) is 66.4 Å². The molecular formula is C20H20N2O5. The predicted octanol–water partition coefficient (Wildman–Crippen LogP) is 2.70. The molecule has 2 N–H and O–H groups in total. The molecule has 2 aromatic carbocycles. The molecule has 27 heavy (non-hydrogen) atoms. The molecule has 3 aromatic rings. The van der Waals surface area contributed by atoms with Crippen LogP contribution >= 0.6 is 0 Å². The fourth-order valence-electron chi connectivity index (χ4n) is 2.59. The Morgan fingerprint density at radius 2 is 1.81 bits per heavy atom. The molecule has 0 bridgehead atoms. The molecule has 140 valence electrons. The summed E-state index contributed by atoms with van der Waals surface area (Å²) >= 11 is 0. The fourth-order valence-corrected chi connectivity index (χ4v) is 2.59. The lowest BCUT2D eigenvalue weighted by Gasteiger charge is -2.13. The van der Waals surface area contributed by atoms with Crippen LogP contribution in [0.5, 0.6) is 11.5 Å². The van der Waals surface area contributed by atoms with Crippen molar-refractivity contribution >= 4 is 5.97 Å². The van der Waals surface area contributed by atoms with E-state index < -0.39 is 12.1 Å². The number of carbonyl (C=O) groups is 1. The molecule has 1 aromatic heterocycles. The Hall–Kier alpha value is -3.32. The van der Waals surface area contributed by atoms with E-state index in [9.17, 15) is 15.0 Å². The number of carboxylic acids is 1. The van der Waals surface area contributed by atoms with Gasteiger partial charge in [-0.1, -0.05) is 18.2 Å². The topological polar surface area (TPSA) is 93.8 Å². The van der Waals surface area contributed by atoms with E-state index in [1.54, 1.807) is 43.5 Å². The highest BCUT2D eigenvalue weighted by molar-refractivity contribution is 5.87. The van der Waals surface area contributed by atoms with E-state index in [-0.39, 0.29) is 18.8 Å². The highest BCUT2D eigenvalue weighted by atomic mass is 16.5. The van der Waals surface area contributed by atoms with Gasteiger partial charge in [0.2, 0.25) is 0 Å². The van der Waals surface area contributed by atoms with Crippen molar-refractivity contribution in [2.24, 2.45) is 0 Å². The predicted molar refractivity (Wildman–Crippen MR) is 99.1 cm³/mol. The highest BCUT2D eigenvalue weighted by Gasteiger charge is 2.18. The fraction of sp³-hybridized carbons (Fsp3) is 0.200. The Morgan fingerprint density at radius 3 is 2.44 bits per heavy atom. The lowest BCUT2D eigenvalue weighted by molar-refractivity contribution is 0.0659. The second-order valence-corrected chi connectivity index (χ2v) is 5.91. The Balaban J connectivity index is 1.73. The van der Waals surface area contributed by atoms with Crippen LogP contribution in [0.4, 0.5) is 0 Å². The van der Waals surface area contributed by atoms with Gasteiger partial charge in [0.1, 0.15) is 29.9 Å². The van der Waals surface area contributed by atoms with Gasteiger partial charge in [0, 0.05) is 5.56 Å². The SMILES string of the molecule is COc1ccc(-c2cc(C(=O)O)n(CC(O)COc3ccccc3)n2)cc1. The molecule has 3 rings (SSSR count). The Morgan fingerprint density at radius 1 is 1.11 bits per heavy atom. The van der Waals surface area contributed by atoms with Gasteiger partial charge in [-0.3, -0.25) is 4.68 Å². The van der Waals surface area contributed by atoms with E-state index in [1.807, 2.05) is 18.2 Å². The van der Waals surface area contributed by atoms with Gasteiger partial charge in [-0.25, -0.2) is 4.79 Å². The van der Waals surface area contributed by atoms with Crippen molar-refractivity contribution in [1.29, 1.82) is 0 Å². The molecule has 0 saturated heterocycles. The summed E-state index contributed by atoms with van der Waals surface area (Å²) in [6.07, 6.45) is -0.910. The van der Waals surface area contributed by atoms with E-state index in [0.29, 0.717) is 17.2 Å². The van der Waals surface area contributed by atoms with Gasteiger partial charge in [0.05, 0.1) is 19.3 Å². The third-order valence-corrected chi connectivity index (χ3v) is 3.95. The summed E-state index contributed by atoms with van der Waals surface area (Å²) in [6.45, 7) is 0.0332. The number of benzene rings is 2. The summed E-state index contributed by atoms with van der Waals surface area (Å²) in [4.78, 5) is 11.5. The minimum absolute atomic E-state index is 0.000390. The van der Waals surface area contributed by atoms with Gasteiger partial charge in [-0.05, 0) is 42.5 Å². The summed E-state index contributed by atoms with van der Waals surface area (Å²) in [7, 11) is 1.57.